The van der Waals surface area contributed by atoms with Gasteiger partial charge in [-0.3, -0.25) is 24.5 Å². The van der Waals surface area contributed by atoms with Crippen LogP contribution in [-0.2, 0) is 20.9 Å². The third kappa shape index (κ3) is 6.25. The number of primary amides is 1. The number of benzene rings is 2. The Bertz CT molecular complexity index is 1860. The number of carbonyl (C=O) groups is 2. The largest absolute Gasteiger partial charge is 0.453 e. The quantitative estimate of drug-likeness (QED) is 0.127. The molecular weight excluding hydrogens is 600 g/mol. The molecule has 1 saturated carbocycles. The van der Waals surface area contributed by atoms with Crippen molar-refractivity contribution in [3.05, 3.63) is 96.3 Å². The monoisotopic (exact) mass is 629 g/mol. The Labute approximate surface area is 261 Å². The van der Waals surface area contributed by atoms with Crippen LogP contribution in [0.1, 0.15) is 18.4 Å². The predicted molar refractivity (Wildman–Crippen MR) is 167 cm³/mol. The lowest BCUT2D eigenvalue weighted by molar-refractivity contribution is -0.133. The van der Waals surface area contributed by atoms with Gasteiger partial charge in [0.05, 0.1) is 33.1 Å². The highest BCUT2D eigenvalue weighted by atomic mass is 32.1. The lowest BCUT2D eigenvalue weighted by Gasteiger charge is -2.26. The number of amides is 2. The van der Waals surface area contributed by atoms with Crippen LogP contribution in [0.2, 0.25) is 0 Å². The number of rotatable bonds is 12. The summed E-state index contributed by atoms with van der Waals surface area (Å²) in [6.07, 6.45) is 3.97. The fraction of sp³-hybridized carbons (Fsp3) is 0.212. The number of halogens is 2. The minimum absolute atomic E-state index is 0.0767. The molecule has 3 N–H and O–H groups in total. The number of carbonyl (C=O) groups excluding carboxylic acids is 2. The number of nitrogens with two attached hydrogens (primary N) is 1. The highest BCUT2D eigenvalue weighted by Gasteiger charge is 2.57. The molecule has 12 heteroatoms. The Morgan fingerprint density at radius 2 is 1.78 bits per heavy atom. The molecule has 9 nitrogen and oxygen atoms in total. The Hall–Kier alpha value is -4.78. The van der Waals surface area contributed by atoms with Gasteiger partial charge >= 0.3 is 0 Å². The molecule has 0 saturated heterocycles. The standard InChI is InChI=1S/C33H29F2N5O4S/c1-43-15-14-37-18-20-2-8-25(39-19-20)29-17-26-30(45-29)28(10-13-38-26)44-27-9-7-23(16-24(27)35)40(22-5-3-21(34)4-6-22)32(42)33(11-12-33)31(36)41/h2-10,13,16-17,19,37H,11-12,14-15,18H2,1H3,(H2,36,41). The molecule has 0 radical (unpaired) electrons. The van der Waals surface area contributed by atoms with Crippen LogP contribution in [0.5, 0.6) is 11.5 Å². The molecule has 6 rings (SSSR count). The van der Waals surface area contributed by atoms with E-state index in [1.54, 1.807) is 19.4 Å². The molecule has 45 heavy (non-hydrogen) atoms. The van der Waals surface area contributed by atoms with E-state index in [1.165, 1.54) is 52.6 Å². The van der Waals surface area contributed by atoms with Crippen LogP contribution in [-0.4, -0.2) is 42.0 Å². The topological polar surface area (TPSA) is 120 Å². The van der Waals surface area contributed by atoms with Crippen LogP contribution in [0.4, 0.5) is 20.2 Å². The molecule has 2 aromatic carbocycles. The third-order valence-corrected chi connectivity index (χ3v) is 8.74. The summed E-state index contributed by atoms with van der Waals surface area (Å²) >= 11 is 1.42. The molecule has 1 fully saturated rings. The average Bonchev–Trinajstić information content (AvgIpc) is 3.75. The van der Waals surface area contributed by atoms with E-state index in [4.69, 9.17) is 15.2 Å². The highest BCUT2D eigenvalue weighted by molar-refractivity contribution is 7.22. The van der Waals surface area contributed by atoms with Gasteiger partial charge in [0.15, 0.2) is 11.6 Å². The second-order valence-electron chi connectivity index (χ2n) is 10.6. The van der Waals surface area contributed by atoms with Crippen LogP contribution in [0, 0.1) is 17.0 Å². The van der Waals surface area contributed by atoms with Gasteiger partial charge in [0.25, 0.3) is 0 Å². The van der Waals surface area contributed by atoms with Crippen molar-refractivity contribution >= 4 is 44.7 Å². The van der Waals surface area contributed by atoms with E-state index >= 15 is 4.39 Å². The number of nitrogens with one attached hydrogen (secondary N) is 1. The average molecular weight is 630 g/mol. The molecule has 230 valence electrons. The fourth-order valence-electron chi connectivity index (χ4n) is 4.91. The van der Waals surface area contributed by atoms with E-state index < -0.39 is 28.9 Å². The maximum atomic E-state index is 15.6. The lowest BCUT2D eigenvalue weighted by Crippen LogP contribution is -2.41. The maximum Gasteiger partial charge on any atom is 0.247 e. The smallest absolute Gasteiger partial charge is 0.247 e. The van der Waals surface area contributed by atoms with Gasteiger partial charge in [0.2, 0.25) is 11.8 Å². The zero-order valence-electron chi connectivity index (χ0n) is 24.3. The summed E-state index contributed by atoms with van der Waals surface area (Å²) in [6.45, 7) is 2.05. The van der Waals surface area contributed by atoms with Crippen LogP contribution in [0.3, 0.4) is 0 Å². The molecule has 0 atom stereocenters. The Morgan fingerprint density at radius 3 is 2.44 bits per heavy atom. The van der Waals surface area contributed by atoms with E-state index in [1.807, 2.05) is 24.4 Å². The molecule has 1 aliphatic carbocycles. The van der Waals surface area contributed by atoms with Crippen LogP contribution in [0.25, 0.3) is 20.8 Å². The van der Waals surface area contributed by atoms with E-state index in [2.05, 4.69) is 15.3 Å². The SMILES string of the molecule is COCCNCc1ccc(-c2cc3nccc(Oc4ccc(N(C(=O)C5(C(N)=O)CC5)c5ccc(F)cc5)cc4F)c3s2)nc1. The second-order valence-corrected chi connectivity index (χ2v) is 11.7. The summed E-state index contributed by atoms with van der Waals surface area (Å²) in [6, 6.07) is 16.7. The second kappa shape index (κ2) is 12.7. The van der Waals surface area contributed by atoms with Crippen LogP contribution >= 0.6 is 11.3 Å². The number of nitrogens with zero attached hydrogens (tertiary/aromatic N) is 3. The van der Waals surface area contributed by atoms with Crippen LogP contribution in [0.15, 0.2) is 79.1 Å². The number of ether oxygens (including phenoxy) is 2. The molecule has 3 heterocycles. The van der Waals surface area contributed by atoms with E-state index in [-0.39, 0.29) is 30.0 Å². The van der Waals surface area contributed by atoms with Crippen molar-refractivity contribution in [2.24, 2.45) is 11.1 Å². The lowest BCUT2D eigenvalue weighted by atomic mass is 10.0. The summed E-state index contributed by atoms with van der Waals surface area (Å²) in [4.78, 5) is 36.8. The first-order chi connectivity index (χ1) is 21.8. The van der Waals surface area contributed by atoms with Gasteiger partial charge < -0.3 is 20.5 Å². The number of hydrogen-bond donors (Lipinski definition) is 2. The van der Waals surface area contributed by atoms with Gasteiger partial charge in [-0.25, -0.2) is 8.78 Å². The molecule has 0 unspecified atom stereocenters. The maximum absolute atomic E-state index is 15.6. The van der Waals surface area contributed by atoms with E-state index in [9.17, 15) is 14.0 Å². The fourth-order valence-corrected chi connectivity index (χ4v) is 5.95. The minimum atomic E-state index is -1.38. The number of anilines is 2. The van der Waals surface area contributed by atoms with Gasteiger partial charge in [0.1, 0.15) is 17.0 Å². The molecule has 2 amide bonds. The molecular formula is C33H29F2N5O4S. The first-order valence-corrected chi connectivity index (χ1v) is 15.0. The molecule has 0 spiro atoms. The number of pyridine rings is 2. The summed E-state index contributed by atoms with van der Waals surface area (Å²) < 4.78 is 41.1. The zero-order valence-corrected chi connectivity index (χ0v) is 25.1. The van der Waals surface area contributed by atoms with Crippen molar-refractivity contribution in [3.8, 4) is 22.1 Å². The molecule has 0 aliphatic heterocycles. The first kappa shape index (κ1) is 30.3. The first-order valence-electron chi connectivity index (χ1n) is 14.2. The number of thiophene rings is 1. The number of fused-ring (bicyclic) bond motifs is 1. The minimum Gasteiger partial charge on any atom is -0.453 e. The number of methoxy groups -OCH3 is 1. The summed E-state index contributed by atoms with van der Waals surface area (Å²) in [5, 5.41) is 3.29. The van der Waals surface area contributed by atoms with Gasteiger partial charge in [-0.1, -0.05) is 6.07 Å². The molecule has 3 aromatic heterocycles. The van der Waals surface area contributed by atoms with Gasteiger partial charge in [-0.15, -0.1) is 11.3 Å². The Balaban J connectivity index is 1.25. The van der Waals surface area contributed by atoms with Gasteiger partial charge in [-0.05, 0) is 66.9 Å². The number of aromatic nitrogens is 2. The van der Waals surface area contributed by atoms with Crippen molar-refractivity contribution in [2.45, 2.75) is 19.4 Å². The molecule has 5 aromatic rings. The highest BCUT2D eigenvalue weighted by Crippen LogP contribution is 2.49. The van der Waals surface area contributed by atoms with Crippen molar-refractivity contribution in [1.82, 2.24) is 15.3 Å². The van der Waals surface area contributed by atoms with E-state index in [0.717, 1.165) is 28.7 Å². The van der Waals surface area contributed by atoms with Crippen molar-refractivity contribution in [3.63, 3.8) is 0 Å². The molecule has 1 aliphatic rings. The van der Waals surface area contributed by atoms with Crippen LogP contribution < -0.4 is 20.7 Å². The summed E-state index contributed by atoms with van der Waals surface area (Å²) in [5.41, 5.74) is 7.08. The van der Waals surface area contributed by atoms with Crippen molar-refractivity contribution in [2.75, 3.05) is 25.2 Å². The summed E-state index contributed by atoms with van der Waals surface area (Å²) in [5.74, 6) is -2.27. The number of hydrogen-bond acceptors (Lipinski definition) is 8. The summed E-state index contributed by atoms with van der Waals surface area (Å²) in [7, 11) is 1.66. The third-order valence-electron chi connectivity index (χ3n) is 7.58. The van der Waals surface area contributed by atoms with Gasteiger partial charge in [0, 0.05) is 50.4 Å². The van der Waals surface area contributed by atoms with Crippen molar-refractivity contribution < 1.29 is 27.8 Å². The Morgan fingerprint density at radius 1 is 1.00 bits per heavy atom. The van der Waals surface area contributed by atoms with Crippen molar-refractivity contribution in [1.29, 1.82) is 0 Å². The normalized spacial score (nSPS) is 13.5. The zero-order chi connectivity index (χ0) is 31.6. The molecule has 0 bridgehead atoms. The predicted octanol–water partition coefficient (Wildman–Crippen LogP) is 6.10. The van der Waals surface area contributed by atoms with Gasteiger partial charge in [-0.2, -0.15) is 0 Å². The van der Waals surface area contributed by atoms with E-state index in [0.29, 0.717) is 29.1 Å². The Kier molecular flexibility index (Phi) is 8.52.